The molecule has 0 aliphatic rings. The average Bonchev–Trinajstić information content (AvgIpc) is 3.07. The van der Waals surface area contributed by atoms with Crippen molar-refractivity contribution < 1.29 is 4.79 Å². The second-order valence-electron chi connectivity index (χ2n) is 5.62. The van der Waals surface area contributed by atoms with Crippen molar-refractivity contribution in [3.63, 3.8) is 0 Å². The molecule has 6 nitrogen and oxygen atoms in total. The van der Waals surface area contributed by atoms with Gasteiger partial charge in [-0.1, -0.05) is 30.4 Å². The average molecular weight is 355 g/mol. The molecule has 25 heavy (non-hydrogen) atoms. The maximum atomic E-state index is 12.6. The number of thiazole rings is 1. The molecule has 0 aliphatic heterocycles. The lowest BCUT2D eigenvalue weighted by Crippen LogP contribution is -2.41. The van der Waals surface area contributed by atoms with Crippen LogP contribution in [0.25, 0.3) is 10.2 Å². The quantitative estimate of drug-likeness (QED) is 0.712. The van der Waals surface area contributed by atoms with Crippen molar-refractivity contribution in [2.45, 2.75) is 19.9 Å². The zero-order chi connectivity index (χ0) is 17.6. The lowest BCUT2D eigenvalue weighted by atomic mass is 10.2. The van der Waals surface area contributed by atoms with Crippen molar-refractivity contribution in [3.05, 3.63) is 53.9 Å². The molecule has 3 rings (SSSR count). The van der Waals surface area contributed by atoms with E-state index in [1.54, 1.807) is 17.3 Å². The summed E-state index contributed by atoms with van der Waals surface area (Å²) >= 11 is 1.52. The Balaban J connectivity index is 1.93. The summed E-state index contributed by atoms with van der Waals surface area (Å²) in [6, 6.07) is 9.82. The van der Waals surface area contributed by atoms with Gasteiger partial charge in [0.25, 0.3) is 0 Å². The molecule has 0 bridgehead atoms. The molecular weight excluding hydrogens is 334 g/mol. The van der Waals surface area contributed by atoms with E-state index in [9.17, 15) is 4.79 Å². The third kappa shape index (κ3) is 4.12. The number of pyridine rings is 1. The van der Waals surface area contributed by atoms with Crippen molar-refractivity contribution in [3.8, 4) is 0 Å². The molecule has 0 unspecified atom stereocenters. The molecule has 0 spiro atoms. The van der Waals surface area contributed by atoms with E-state index in [4.69, 9.17) is 5.73 Å². The first-order chi connectivity index (χ1) is 12.2. The highest BCUT2D eigenvalue weighted by atomic mass is 32.1. The molecule has 3 N–H and O–H groups in total. The van der Waals surface area contributed by atoms with Gasteiger partial charge in [-0.15, -0.1) is 0 Å². The van der Waals surface area contributed by atoms with Crippen LogP contribution in [0.1, 0.15) is 18.1 Å². The summed E-state index contributed by atoms with van der Waals surface area (Å²) < 4.78 is 1.08. The van der Waals surface area contributed by atoms with E-state index >= 15 is 0 Å². The maximum absolute atomic E-state index is 12.6. The summed E-state index contributed by atoms with van der Waals surface area (Å²) in [6.45, 7) is 3.35. The van der Waals surface area contributed by atoms with Gasteiger partial charge in [-0.05, 0) is 35.7 Å². The molecule has 0 saturated carbocycles. The molecule has 130 valence electrons. The second kappa shape index (κ2) is 8.04. The zero-order valence-electron chi connectivity index (χ0n) is 14.1. The van der Waals surface area contributed by atoms with E-state index < -0.39 is 0 Å². The molecule has 2 amide bonds. The number of nitrogens with one attached hydrogen (secondary N) is 1. The molecule has 2 aromatic heterocycles. The van der Waals surface area contributed by atoms with Crippen LogP contribution in [0.3, 0.4) is 0 Å². The fourth-order valence-electron chi connectivity index (χ4n) is 2.47. The Bertz CT molecular complexity index is 849. The van der Waals surface area contributed by atoms with Crippen LogP contribution in [-0.4, -0.2) is 29.1 Å². The minimum Gasteiger partial charge on any atom is -0.336 e. The van der Waals surface area contributed by atoms with Crippen molar-refractivity contribution in [2.75, 3.05) is 18.0 Å². The van der Waals surface area contributed by atoms with Crippen molar-refractivity contribution in [1.82, 2.24) is 15.3 Å². The standard InChI is InChI=1S/C18H21N5OS/c1-2-13-5-6-15-16(10-13)25-18(22-15)23(17(24)21-9-7-19)12-14-4-3-8-20-11-14/h3-6,8,10-11H,2,7,9,12,19H2,1H3,(H,21,24). The number of hydrogen-bond acceptors (Lipinski definition) is 5. The minimum absolute atomic E-state index is 0.205. The first kappa shape index (κ1) is 17.3. The molecule has 3 aromatic rings. The molecule has 0 radical (unpaired) electrons. The van der Waals surface area contributed by atoms with Crippen molar-refractivity contribution in [2.24, 2.45) is 5.73 Å². The Hall–Kier alpha value is -2.51. The van der Waals surface area contributed by atoms with Gasteiger partial charge in [-0.25, -0.2) is 9.78 Å². The summed E-state index contributed by atoms with van der Waals surface area (Å²) in [4.78, 5) is 23.0. The molecule has 2 heterocycles. The van der Waals surface area contributed by atoms with Gasteiger partial charge in [-0.3, -0.25) is 9.88 Å². The molecule has 0 atom stereocenters. The van der Waals surface area contributed by atoms with E-state index in [0.29, 0.717) is 24.8 Å². The fourth-order valence-corrected chi connectivity index (χ4v) is 3.49. The van der Waals surface area contributed by atoms with E-state index in [1.807, 2.05) is 18.2 Å². The molecule has 0 aliphatic carbocycles. The lowest BCUT2D eigenvalue weighted by molar-refractivity contribution is 0.246. The number of fused-ring (bicyclic) bond motifs is 1. The number of amides is 2. The first-order valence-corrected chi connectivity index (χ1v) is 9.06. The number of aryl methyl sites for hydroxylation is 1. The topological polar surface area (TPSA) is 84.1 Å². The fraction of sp³-hybridized carbons (Fsp3) is 0.278. The predicted octanol–water partition coefficient (Wildman–Crippen LogP) is 2.93. The number of aromatic nitrogens is 2. The van der Waals surface area contributed by atoms with Crippen LogP contribution >= 0.6 is 11.3 Å². The van der Waals surface area contributed by atoms with Crippen LogP contribution in [0.2, 0.25) is 0 Å². The first-order valence-electron chi connectivity index (χ1n) is 8.25. The summed E-state index contributed by atoms with van der Waals surface area (Å²) in [6.07, 6.45) is 4.44. The van der Waals surface area contributed by atoms with Crippen LogP contribution in [0, 0.1) is 0 Å². The zero-order valence-corrected chi connectivity index (χ0v) is 14.9. The number of carbonyl (C=O) groups is 1. The summed E-state index contributed by atoms with van der Waals surface area (Å²) in [5.41, 5.74) is 8.61. The smallest absolute Gasteiger partial charge is 0.324 e. The number of urea groups is 1. The Morgan fingerprint density at radius 1 is 1.32 bits per heavy atom. The van der Waals surface area contributed by atoms with E-state index in [-0.39, 0.29) is 6.03 Å². The highest BCUT2D eigenvalue weighted by Gasteiger charge is 2.20. The van der Waals surface area contributed by atoms with Crippen LogP contribution in [0.15, 0.2) is 42.7 Å². The third-order valence-electron chi connectivity index (χ3n) is 3.81. The largest absolute Gasteiger partial charge is 0.336 e. The lowest BCUT2D eigenvalue weighted by Gasteiger charge is -2.20. The number of benzene rings is 1. The van der Waals surface area contributed by atoms with Crippen LogP contribution in [-0.2, 0) is 13.0 Å². The van der Waals surface area contributed by atoms with Gasteiger partial charge in [0.05, 0.1) is 16.8 Å². The molecular formula is C18H21N5OS. The summed E-state index contributed by atoms with van der Waals surface area (Å²) in [5.74, 6) is 0. The molecule has 7 heteroatoms. The van der Waals surface area contributed by atoms with Gasteiger partial charge in [0.1, 0.15) is 0 Å². The van der Waals surface area contributed by atoms with Gasteiger partial charge >= 0.3 is 6.03 Å². The normalized spacial score (nSPS) is 10.8. The SMILES string of the molecule is CCc1ccc2nc(N(Cc3cccnc3)C(=O)NCCN)sc2c1. The summed E-state index contributed by atoms with van der Waals surface area (Å²) in [5, 5.41) is 3.49. The van der Waals surface area contributed by atoms with Crippen LogP contribution in [0.5, 0.6) is 0 Å². The molecule has 0 fully saturated rings. The number of hydrogen-bond donors (Lipinski definition) is 2. The van der Waals surface area contributed by atoms with E-state index in [1.165, 1.54) is 16.9 Å². The highest BCUT2D eigenvalue weighted by molar-refractivity contribution is 7.22. The Morgan fingerprint density at radius 2 is 2.20 bits per heavy atom. The number of anilines is 1. The highest BCUT2D eigenvalue weighted by Crippen LogP contribution is 2.30. The molecule has 1 aromatic carbocycles. The van der Waals surface area contributed by atoms with Crippen LogP contribution < -0.4 is 16.0 Å². The van der Waals surface area contributed by atoms with Gasteiger partial charge in [-0.2, -0.15) is 0 Å². The summed E-state index contributed by atoms with van der Waals surface area (Å²) in [7, 11) is 0. The Kier molecular flexibility index (Phi) is 5.57. The number of nitrogens with two attached hydrogens (primary N) is 1. The van der Waals surface area contributed by atoms with Gasteiger partial charge < -0.3 is 11.1 Å². The number of nitrogens with zero attached hydrogens (tertiary/aromatic N) is 3. The van der Waals surface area contributed by atoms with Crippen molar-refractivity contribution >= 4 is 32.7 Å². The second-order valence-corrected chi connectivity index (χ2v) is 6.63. The van der Waals surface area contributed by atoms with Gasteiger partial charge in [0.15, 0.2) is 5.13 Å². The number of carbonyl (C=O) groups excluding carboxylic acids is 1. The van der Waals surface area contributed by atoms with Crippen LogP contribution in [0.4, 0.5) is 9.93 Å². The van der Waals surface area contributed by atoms with Crippen molar-refractivity contribution in [1.29, 1.82) is 0 Å². The monoisotopic (exact) mass is 355 g/mol. The van der Waals surface area contributed by atoms with Gasteiger partial charge in [0.2, 0.25) is 0 Å². The predicted molar refractivity (Wildman–Crippen MR) is 102 cm³/mol. The maximum Gasteiger partial charge on any atom is 0.324 e. The molecule has 0 saturated heterocycles. The van der Waals surface area contributed by atoms with E-state index in [0.717, 1.165) is 22.2 Å². The minimum atomic E-state index is -0.205. The van der Waals surface area contributed by atoms with E-state index in [2.05, 4.69) is 34.3 Å². The number of rotatable bonds is 6. The Labute approximate surface area is 150 Å². The Morgan fingerprint density at radius 3 is 2.92 bits per heavy atom. The van der Waals surface area contributed by atoms with Gasteiger partial charge in [0, 0.05) is 25.5 Å². The third-order valence-corrected chi connectivity index (χ3v) is 4.85.